The lowest BCUT2D eigenvalue weighted by Gasteiger charge is -2.16. The normalized spacial score (nSPS) is 11.5. The molecule has 0 amide bonds. The van der Waals surface area contributed by atoms with Crippen LogP contribution in [0.2, 0.25) is 5.02 Å². The Kier molecular flexibility index (Phi) is 6.38. The van der Waals surface area contributed by atoms with Gasteiger partial charge in [0.25, 0.3) is 10.0 Å². The minimum atomic E-state index is -3.92. The number of aromatic hydroxyl groups is 2. The highest BCUT2D eigenvalue weighted by atomic mass is 35.5. The molecule has 0 bridgehead atoms. The summed E-state index contributed by atoms with van der Waals surface area (Å²) in [4.78, 5) is -0.102. The van der Waals surface area contributed by atoms with Gasteiger partial charge >= 0.3 is 0 Å². The molecule has 164 valence electrons. The van der Waals surface area contributed by atoms with Gasteiger partial charge in [-0.05, 0) is 73.4 Å². The molecule has 0 aliphatic carbocycles. The summed E-state index contributed by atoms with van der Waals surface area (Å²) in [6.07, 6.45) is 0. The van der Waals surface area contributed by atoms with Gasteiger partial charge in [0.05, 0.1) is 9.92 Å². The summed E-state index contributed by atoms with van der Waals surface area (Å²) in [5.41, 5.74) is 2.61. The first-order chi connectivity index (χ1) is 14.5. The van der Waals surface area contributed by atoms with Crippen molar-refractivity contribution in [2.45, 2.75) is 38.5 Å². The number of halogens is 1. The molecule has 3 rings (SSSR count). The van der Waals surface area contributed by atoms with Gasteiger partial charge in [-0.25, -0.2) is 8.42 Å². The van der Waals surface area contributed by atoms with Gasteiger partial charge < -0.3 is 14.9 Å². The van der Waals surface area contributed by atoms with Crippen LogP contribution in [-0.2, 0) is 10.0 Å². The SMILES string of the molecule is Cc1cc(NS(=O)(=O)c2ccc(Cl)c(O)c2)cc(C)c1Oc1ccc(O)c(C(C)C)c1. The summed E-state index contributed by atoms with van der Waals surface area (Å²) in [5.74, 6) is 1.23. The van der Waals surface area contributed by atoms with E-state index in [0.717, 1.165) is 22.8 Å². The molecular formula is C23H24ClNO5S. The van der Waals surface area contributed by atoms with E-state index in [1.54, 1.807) is 30.3 Å². The molecule has 0 aliphatic heterocycles. The standard InChI is InChI=1S/C23H24ClNO5S/c1-13(2)19-11-17(5-8-21(19)26)30-23-14(3)9-16(10-15(23)4)25-31(28,29)18-6-7-20(24)22(27)12-18/h5-13,25-27H,1-4H3. The van der Waals surface area contributed by atoms with Crippen molar-refractivity contribution in [1.82, 2.24) is 0 Å². The van der Waals surface area contributed by atoms with E-state index < -0.39 is 10.0 Å². The zero-order valence-corrected chi connectivity index (χ0v) is 19.2. The van der Waals surface area contributed by atoms with Crippen LogP contribution >= 0.6 is 11.6 Å². The number of benzene rings is 3. The van der Waals surface area contributed by atoms with Crippen LogP contribution in [0.4, 0.5) is 5.69 Å². The maximum absolute atomic E-state index is 12.7. The highest BCUT2D eigenvalue weighted by Gasteiger charge is 2.18. The average molecular weight is 462 g/mol. The number of aryl methyl sites for hydroxylation is 2. The smallest absolute Gasteiger partial charge is 0.262 e. The van der Waals surface area contributed by atoms with Crippen LogP contribution in [0.25, 0.3) is 0 Å². The monoisotopic (exact) mass is 461 g/mol. The number of ether oxygens (including phenoxy) is 1. The van der Waals surface area contributed by atoms with Crippen LogP contribution in [-0.4, -0.2) is 18.6 Å². The topological polar surface area (TPSA) is 95.9 Å². The quantitative estimate of drug-likeness (QED) is 0.413. The van der Waals surface area contributed by atoms with Crippen molar-refractivity contribution in [3.8, 4) is 23.0 Å². The van der Waals surface area contributed by atoms with Crippen molar-refractivity contribution in [2.75, 3.05) is 4.72 Å². The first kappa shape index (κ1) is 22.8. The van der Waals surface area contributed by atoms with E-state index in [1.807, 2.05) is 27.7 Å². The Morgan fingerprint density at radius 2 is 1.58 bits per heavy atom. The van der Waals surface area contributed by atoms with Crippen LogP contribution in [0.1, 0.15) is 36.5 Å². The highest BCUT2D eigenvalue weighted by molar-refractivity contribution is 7.92. The van der Waals surface area contributed by atoms with Crippen LogP contribution in [0.15, 0.2) is 53.4 Å². The van der Waals surface area contributed by atoms with Gasteiger partial charge in [0.1, 0.15) is 23.0 Å². The predicted octanol–water partition coefficient (Wildman–Crippen LogP) is 6.08. The lowest BCUT2D eigenvalue weighted by atomic mass is 10.0. The number of rotatable bonds is 6. The predicted molar refractivity (Wildman–Crippen MR) is 122 cm³/mol. The Bertz CT molecular complexity index is 1220. The lowest BCUT2D eigenvalue weighted by molar-refractivity contribution is 0.452. The third-order valence-electron chi connectivity index (χ3n) is 4.78. The van der Waals surface area contributed by atoms with E-state index in [9.17, 15) is 18.6 Å². The Labute approximate surface area is 187 Å². The molecule has 3 aromatic rings. The molecule has 0 radical (unpaired) electrons. The van der Waals surface area contributed by atoms with Crippen LogP contribution < -0.4 is 9.46 Å². The van der Waals surface area contributed by atoms with Crippen LogP contribution in [0, 0.1) is 13.8 Å². The van der Waals surface area contributed by atoms with E-state index in [-0.39, 0.29) is 27.3 Å². The van der Waals surface area contributed by atoms with Gasteiger partial charge in [0.15, 0.2) is 0 Å². The number of phenols is 2. The molecule has 0 atom stereocenters. The second-order valence-corrected chi connectivity index (χ2v) is 9.72. The maximum atomic E-state index is 12.7. The largest absolute Gasteiger partial charge is 0.508 e. The third-order valence-corrected chi connectivity index (χ3v) is 6.48. The second-order valence-electron chi connectivity index (χ2n) is 7.64. The Morgan fingerprint density at radius 3 is 2.16 bits per heavy atom. The molecule has 3 N–H and O–H groups in total. The second kappa shape index (κ2) is 8.69. The lowest BCUT2D eigenvalue weighted by Crippen LogP contribution is -2.13. The Balaban J connectivity index is 1.88. The van der Waals surface area contributed by atoms with Gasteiger partial charge in [0.2, 0.25) is 0 Å². The van der Waals surface area contributed by atoms with Gasteiger partial charge in [-0.15, -0.1) is 0 Å². The van der Waals surface area contributed by atoms with Gasteiger partial charge in [-0.3, -0.25) is 4.72 Å². The number of sulfonamides is 1. The molecule has 0 aromatic heterocycles. The molecule has 3 aromatic carbocycles. The van der Waals surface area contributed by atoms with E-state index in [2.05, 4.69) is 4.72 Å². The molecule has 0 saturated carbocycles. The molecular weight excluding hydrogens is 438 g/mol. The van der Waals surface area contributed by atoms with Crippen LogP contribution in [0.3, 0.4) is 0 Å². The number of phenolic OH excluding ortho intramolecular Hbond substituents is 2. The van der Waals surface area contributed by atoms with Gasteiger partial charge in [-0.1, -0.05) is 25.4 Å². The fourth-order valence-electron chi connectivity index (χ4n) is 3.22. The van der Waals surface area contributed by atoms with E-state index in [1.165, 1.54) is 12.1 Å². The molecule has 6 nitrogen and oxygen atoms in total. The molecule has 0 heterocycles. The number of hydrogen-bond donors (Lipinski definition) is 3. The molecule has 31 heavy (non-hydrogen) atoms. The average Bonchev–Trinajstić information content (AvgIpc) is 2.67. The van der Waals surface area contributed by atoms with Crippen molar-refractivity contribution in [1.29, 1.82) is 0 Å². The summed E-state index contributed by atoms with van der Waals surface area (Å²) >= 11 is 5.76. The molecule has 0 fully saturated rings. The van der Waals surface area contributed by atoms with E-state index >= 15 is 0 Å². The summed E-state index contributed by atoms with van der Waals surface area (Å²) in [6, 6.07) is 12.1. The molecule has 0 aliphatic rings. The first-order valence-corrected chi connectivity index (χ1v) is 11.5. The minimum Gasteiger partial charge on any atom is -0.508 e. The maximum Gasteiger partial charge on any atom is 0.262 e. The number of nitrogens with one attached hydrogen (secondary N) is 1. The fourth-order valence-corrected chi connectivity index (χ4v) is 4.40. The minimum absolute atomic E-state index is 0.0713. The number of hydrogen-bond acceptors (Lipinski definition) is 5. The Morgan fingerprint density at radius 1 is 0.935 bits per heavy atom. The summed E-state index contributed by atoms with van der Waals surface area (Å²) < 4.78 is 33.9. The molecule has 0 saturated heterocycles. The number of anilines is 1. The van der Waals surface area contributed by atoms with Gasteiger partial charge in [-0.2, -0.15) is 0 Å². The summed E-state index contributed by atoms with van der Waals surface area (Å²) in [6.45, 7) is 7.60. The van der Waals surface area contributed by atoms with E-state index in [4.69, 9.17) is 16.3 Å². The molecule has 8 heteroatoms. The van der Waals surface area contributed by atoms with Crippen molar-refractivity contribution in [3.05, 3.63) is 70.2 Å². The van der Waals surface area contributed by atoms with Crippen molar-refractivity contribution >= 4 is 27.3 Å². The zero-order valence-electron chi connectivity index (χ0n) is 17.6. The fraction of sp³-hybridized carbons (Fsp3) is 0.217. The molecule has 0 unspecified atom stereocenters. The summed E-state index contributed by atoms with van der Waals surface area (Å²) in [5, 5.41) is 19.8. The molecule has 0 spiro atoms. The van der Waals surface area contributed by atoms with Crippen molar-refractivity contribution in [2.24, 2.45) is 0 Å². The van der Waals surface area contributed by atoms with Crippen LogP contribution in [0.5, 0.6) is 23.0 Å². The summed E-state index contributed by atoms with van der Waals surface area (Å²) in [7, 11) is -3.92. The first-order valence-electron chi connectivity index (χ1n) is 9.61. The third kappa shape index (κ3) is 5.06. The Hall–Kier alpha value is -2.90. The zero-order chi connectivity index (χ0) is 22.9. The van der Waals surface area contributed by atoms with Crippen molar-refractivity contribution in [3.63, 3.8) is 0 Å². The van der Waals surface area contributed by atoms with Crippen molar-refractivity contribution < 1.29 is 23.4 Å². The van der Waals surface area contributed by atoms with E-state index in [0.29, 0.717) is 17.2 Å². The highest BCUT2D eigenvalue weighted by Crippen LogP contribution is 2.36. The van der Waals surface area contributed by atoms with Gasteiger partial charge in [0, 0.05) is 17.3 Å².